The van der Waals surface area contributed by atoms with Gasteiger partial charge in [0.05, 0.1) is 11.6 Å². The van der Waals surface area contributed by atoms with Crippen LogP contribution in [0, 0.1) is 12.8 Å². The molecule has 0 aromatic carbocycles. The van der Waals surface area contributed by atoms with Crippen molar-refractivity contribution >= 4 is 5.97 Å². The summed E-state index contributed by atoms with van der Waals surface area (Å²) < 4.78 is 0. The van der Waals surface area contributed by atoms with Gasteiger partial charge >= 0.3 is 5.97 Å². The van der Waals surface area contributed by atoms with E-state index in [0.717, 1.165) is 12.1 Å². The Morgan fingerprint density at radius 1 is 1.41 bits per heavy atom. The highest BCUT2D eigenvalue weighted by molar-refractivity contribution is 5.75. The van der Waals surface area contributed by atoms with Crippen LogP contribution >= 0.6 is 0 Å². The molecule has 0 saturated carbocycles. The maximum atomic E-state index is 11.3. The fourth-order valence-electron chi connectivity index (χ4n) is 1.83. The molecular formula is C13H20N2O2. The minimum Gasteiger partial charge on any atom is -0.481 e. The third kappa shape index (κ3) is 3.80. The van der Waals surface area contributed by atoms with Crippen molar-refractivity contribution in [3.63, 3.8) is 0 Å². The standard InChI is InChI=1S/C13H20N2O2/c1-5-10-7-12(15-9(4)14-10)11(13(16)17)6-8(2)3/h7-8,11H,5-6H2,1-4H3,(H,16,17). The largest absolute Gasteiger partial charge is 0.481 e. The topological polar surface area (TPSA) is 63.1 Å². The Labute approximate surface area is 102 Å². The van der Waals surface area contributed by atoms with Gasteiger partial charge < -0.3 is 5.11 Å². The van der Waals surface area contributed by atoms with Crippen LogP contribution in [-0.2, 0) is 11.2 Å². The van der Waals surface area contributed by atoms with E-state index in [9.17, 15) is 9.90 Å². The first-order chi connectivity index (χ1) is 7.93. The molecule has 0 fully saturated rings. The maximum Gasteiger partial charge on any atom is 0.312 e. The van der Waals surface area contributed by atoms with Crippen LogP contribution in [0.1, 0.15) is 50.3 Å². The molecule has 1 N–H and O–H groups in total. The highest BCUT2D eigenvalue weighted by Crippen LogP contribution is 2.23. The number of nitrogens with zero attached hydrogens (tertiary/aromatic N) is 2. The Bertz CT molecular complexity index is 402. The van der Waals surface area contributed by atoms with Gasteiger partial charge in [0.1, 0.15) is 5.82 Å². The second kappa shape index (κ2) is 5.75. The first-order valence-corrected chi connectivity index (χ1v) is 6.01. The van der Waals surface area contributed by atoms with E-state index >= 15 is 0 Å². The van der Waals surface area contributed by atoms with E-state index in [-0.39, 0.29) is 0 Å². The van der Waals surface area contributed by atoms with E-state index in [4.69, 9.17) is 0 Å². The van der Waals surface area contributed by atoms with Gasteiger partial charge in [-0.25, -0.2) is 9.97 Å². The quantitative estimate of drug-likeness (QED) is 0.853. The van der Waals surface area contributed by atoms with Gasteiger partial charge in [0.25, 0.3) is 0 Å². The number of aliphatic carboxylic acids is 1. The molecule has 17 heavy (non-hydrogen) atoms. The second-order valence-corrected chi connectivity index (χ2v) is 4.71. The number of aryl methyl sites for hydroxylation is 2. The summed E-state index contributed by atoms with van der Waals surface area (Å²) >= 11 is 0. The molecule has 0 aliphatic rings. The Hall–Kier alpha value is -1.45. The van der Waals surface area contributed by atoms with Crippen LogP contribution in [0.25, 0.3) is 0 Å². The fourth-order valence-corrected chi connectivity index (χ4v) is 1.83. The minimum absolute atomic E-state index is 0.330. The van der Waals surface area contributed by atoms with Crippen LogP contribution in [-0.4, -0.2) is 21.0 Å². The van der Waals surface area contributed by atoms with Gasteiger partial charge in [0.15, 0.2) is 0 Å². The first kappa shape index (κ1) is 13.6. The molecule has 1 unspecified atom stereocenters. The van der Waals surface area contributed by atoms with Gasteiger partial charge in [-0.1, -0.05) is 20.8 Å². The molecular weight excluding hydrogens is 216 g/mol. The lowest BCUT2D eigenvalue weighted by molar-refractivity contribution is -0.139. The molecule has 1 aromatic rings. The molecule has 1 rings (SSSR count). The number of carbonyl (C=O) groups is 1. The fraction of sp³-hybridized carbons (Fsp3) is 0.615. The molecule has 1 atom stereocenters. The van der Waals surface area contributed by atoms with Crippen molar-refractivity contribution in [2.24, 2.45) is 5.92 Å². The van der Waals surface area contributed by atoms with E-state index in [1.807, 2.05) is 26.8 Å². The predicted octanol–water partition coefficient (Wildman–Crippen LogP) is 2.56. The molecule has 0 spiro atoms. The highest BCUT2D eigenvalue weighted by Gasteiger charge is 2.23. The average Bonchev–Trinajstić information content (AvgIpc) is 2.24. The number of hydrogen-bond donors (Lipinski definition) is 1. The molecule has 0 radical (unpaired) electrons. The number of hydrogen-bond acceptors (Lipinski definition) is 3. The van der Waals surface area contributed by atoms with E-state index in [2.05, 4.69) is 9.97 Å². The average molecular weight is 236 g/mol. The third-order valence-corrected chi connectivity index (χ3v) is 2.64. The number of rotatable bonds is 5. The lowest BCUT2D eigenvalue weighted by Crippen LogP contribution is -2.16. The van der Waals surface area contributed by atoms with Crippen LogP contribution in [0.4, 0.5) is 0 Å². The molecule has 0 amide bonds. The monoisotopic (exact) mass is 236 g/mol. The molecule has 0 aliphatic carbocycles. The van der Waals surface area contributed by atoms with Gasteiger partial charge in [0, 0.05) is 5.69 Å². The summed E-state index contributed by atoms with van der Waals surface area (Å²) in [4.78, 5) is 19.8. The first-order valence-electron chi connectivity index (χ1n) is 6.01. The number of carboxylic acids is 1. The molecule has 0 bridgehead atoms. The van der Waals surface area contributed by atoms with Crippen LogP contribution in [0.3, 0.4) is 0 Å². The molecule has 94 valence electrons. The Balaban J connectivity index is 3.09. The minimum atomic E-state index is -0.807. The Morgan fingerprint density at radius 2 is 2.06 bits per heavy atom. The molecule has 1 aromatic heterocycles. The van der Waals surface area contributed by atoms with Gasteiger partial charge in [-0.15, -0.1) is 0 Å². The van der Waals surface area contributed by atoms with E-state index in [0.29, 0.717) is 23.9 Å². The lowest BCUT2D eigenvalue weighted by Gasteiger charge is -2.15. The van der Waals surface area contributed by atoms with Gasteiger partial charge in [-0.05, 0) is 31.7 Å². The van der Waals surface area contributed by atoms with Crippen LogP contribution < -0.4 is 0 Å². The zero-order valence-corrected chi connectivity index (χ0v) is 10.9. The molecule has 4 nitrogen and oxygen atoms in total. The zero-order chi connectivity index (χ0) is 13.0. The van der Waals surface area contributed by atoms with Crippen molar-refractivity contribution in [1.82, 2.24) is 9.97 Å². The van der Waals surface area contributed by atoms with E-state index in [1.54, 1.807) is 6.92 Å². The van der Waals surface area contributed by atoms with Gasteiger partial charge in [0.2, 0.25) is 0 Å². The third-order valence-electron chi connectivity index (χ3n) is 2.64. The SMILES string of the molecule is CCc1cc(C(CC(C)C)C(=O)O)nc(C)n1. The summed E-state index contributed by atoms with van der Waals surface area (Å²) in [5.41, 5.74) is 1.54. The van der Waals surface area contributed by atoms with Crippen molar-refractivity contribution in [2.75, 3.05) is 0 Å². The predicted molar refractivity (Wildman–Crippen MR) is 66.0 cm³/mol. The normalized spacial score (nSPS) is 12.8. The summed E-state index contributed by atoms with van der Waals surface area (Å²) in [7, 11) is 0. The Kier molecular flexibility index (Phi) is 4.61. The Morgan fingerprint density at radius 3 is 2.53 bits per heavy atom. The van der Waals surface area contributed by atoms with E-state index in [1.165, 1.54) is 0 Å². The highest BCUT2D eigenvalue weighted by atomic mass is 16.4. The summed E-state index contributed by atoms with van der Waals surface area (Å²) in [5.74, 6) is -0.355. The summed E-state index contributed by atoms with van der Waals surface area (Å²) in [6.45, 7) is 7.84. The van der Waals surface area contributed by atoms with Crippen molar-refractivity contribution in [3.8, 4) is 0 Å². The van der Waals surface area contributed by atoms with Crippen molar-refractivity contribution < 1.29 is 9.90 Å². The number of carboxylic acid groups (broad SMARTS) is 1. The zero-order valence-electron chi connectivity index (χ0n) is 10.9. The van der Waals surface area contributed by atoms with Crippen LogP contribution in [0.15, 0.2) is 6.07 Å². The van der Waals surface area contributed by atoms with Crippen molar-refractivity contribution in [2.45, 2.75) is 46.5 Å². The van der Waals surface area contributed by atoms with Gasteiger partial charge in [-0.3, -0.25) is 4.79 Å². The smallest absolute Gasteiger partial charge is 0.312 e. The molecule has 1 heterocycles. The second-order valence-electron chi connectivity index (χ2n) is 4.71. The van der Waals surface area contributed by atoms with E-state index < -0.39 is 11.9 Å². The van der Waals surface area contributed by atoms with Crippen LogP contribution in [0.5, 0.6) is 0 Å². The summed E-state index contributed by atoms with van der Waals surface area (Å²) in [6.07, 6.45) is 1.40. The summed E-state index contributed by atoms with van der Waals surface area (Å²) in [5, 5.41) is 9.27. The molecule has 0 saturated heterocycles. The molecule has 4 heteroatoms. The van der Waals surface area contributed by atoms with Crippen molar-refractivity contribution in [3.05, 3.63) is 23.3 Å². The summed E-state index contributed by atoms with van der Waals surface area (Å²) in [6, 6.07) is 1.81. The lowest BCUT2D eigenvalue weighted by atomic mass is 9.93. The van der Waals surface area contributed by atoms with Crippen LogP contribution in [0.2, 0.25) is 0 Å². The van der Waals surface area contributed by atoms with Gasteiger partial charge in [-0.2, -0.15) is 0 Å². The van der Waals surface area contributed by atoms with Crippen molar-refractivity contribution in [1.29, 1.82) is 0 Å². The number of aromatic nitrogens is 2. The maximum absolute atomic E-state index is 11.3. The molecule has 0 aliphatic heterocycles.